The normalized spacial score (nSPS) is 41.7. The highest BCUT2D eigenvalue weighted by molar-refractivity contribution is 4.88. The number of aliphatic hydroxyl groups is 1. The zero-order chi connectivity index (χ0) is 7.61. The molecule has 60 valence electrons. The summed E-state index contributed by atoms with van der Waals surface area (Å²) in [5.41, 5.74) is 0.192. The maximum Gasteiger partial charge on any atom is 0.0569 e. The van der Waals surface area contributed by atoms with Crippen molar-refractivity contribution in [2.75, 3.05) is 6.54 Å². The summed E-state index contributed by atoms with van der Waals surface area (Å²) in [5.74, 6) is 0. The van der Waals surface area contributed by atoms with Gasteiger partial charge in [0.1, 0.15) is 0 Å². The van der Waals surface area contributed by atoms with Crippen molar-refractivity contribution < 1.29 is 5.11 Å². The summed E-state index contributed by atoms with van der Waals surface area (Å²) < 4.78 is 0. The second-order valence-electron chi connectivity index (χ2n) is 3.49. The summed E-state index contributed by atoms with van der Waals surface area (Å²) in [6, 6.07) is 0. The lowest BCUT2D eigenvalue weighted by Gasteiger charge is -2.36. The van der Waals surface area contributed by atoms with Crippen LogP contribution in [0.1, 0.15) is 33.1 Å². The van der Waals surface area contributed by atoms with Gasteiger partial charge in [0.05, 0.1) is 6.10 Å². The van der Waals surface area contributed by atoms with Crippen molar-refractivity contribution >= 4 is 0 Å². The minimum Gasteiger partial charge on any atom is -0.393 e. The van der Waals surface area contributed by atoms with E-state index in [-0.39, 0.29) is 11.6 Å². The first-order valence-corrected chi connectivity index (χ1v) is 4.09. The van der Waals surface area contributed by atoms with Gasteiger partial charge in [-0.2, -0.15) is 0 Å². The van der Waals surface area contributed by atoms with E-state index in [1.807, 2.05) is 0 Å². The molecule has 2 unspecified atom stereocenters. The van der Waals surface area contributed by atoms with Gasteiger partial charge in [0.2, 0.25) is 0 Å². The van der Waals surface area contributed by atoms with Gasteiger partial charge in [-0.3, -0.25) is 0 Å². The smallest absolute Gasteiger partial charge is 0.0569 e. The Balaban J connectivity index is 2.45. The Morgan fingerprint density at radius 2 is 2.40 bits per heavy atom. The van der Waals surface area contributed by atoms with Gasteiger partial charge in [0.25, 0.3) is 0 Å². The number of nitrogens with one attached hydrogen (secondary N) is 1. The fourth-order valence-corrected chi connectivity index (χ4v) is 1.50. The van der Waals surface area contributed by atoms with Crippen LogP contribution in [0.25, 0.3) is 0 Å². The van der Waals surface area contributed by atoms with Gasteiger partial charge in [-0.25, -0.2) is 0 Å². The van der Waals surface area contributed by atoms with Gasteiger partial charge in [-0.1, -0.05) is 6.92 Å². The molecule has 0 saturated carbocycles. The molecule has 1 fully saturated rings. The van der Waals surface area contributed by atoms with E-state index in [0.29, 0.717) is 0 Å². The predicted octanol–water partition coefficient (Wildman–Crippen LogP) is 0.899. The predicted molar refractivity (Wildman–Crippen MR) is 41.9 cm³/mol. The lowest BCUT2D eigenvalue weighted by atomic mass is 9.87. The number of hydrogen-bond donors (Lipinski definition) is 2. The molecule has 2 N–H and O–H groups in total. The first-order valence-electron chi connectivity index (χ1n) is 4.09. The van der Waals surface area contributed by atoms with Crippen molar-refractivity contribution in [1.82, 2.24) is 5.32 Å². The van der Waals surface area contributed by atoms with Crippen LogP contribution in [0.4, 0.5) is 0 Å². The lowest BCUT2D eigenvalue weighted by Crippen LogP contribution is -2.49. The average molecular weight is 143 g/mol. The van der Waals surface area contributed by atoms with Crippen molar-refractivity contribution in [2.45, 2.75) is 44.8 Å². The molecule has 1 heterocycles. The van der Waals surface area contributed by atoms with Crippen LogP contribution >= 0.6 is 0 Å². The Morgan fingerprint density at radius 3 is 2.80 bits per heavy atom. The minimum atomic E-state index is -0.0776. The molecule has 0 amide bonds. The summed E-state index contributed by atoms with van der Waals surface area (Å²) >= 11 is 0. The minimum absolute atomic E-state index is 0.0776. The van der Waals surface area contributed by atoms with Crippen LogP contribution in [0.5, 0.6) is 0 Å². The van der Waals surface area contributed by atoms with Crippen molar-refractivity contribution in [2.24, 2.45) is 0 Å². The van der Waals surface area contributed by atoms with Crippen LogP contribution in [-0.2, 0) is 0 Å². The van der Waals surface area contributed by atoms with Gasteiger partial charge in [0.15, 0.2) is 0 Å². The Labute approximate surface area is 62.6 Å². The molecule has 2 nitrogen and oxygen atoms in total. The van der Waals surface area contributed by atoms with Gasteiger partial charge in [0, 0.05) is 5.54 Å². The molecule has 0 radical (unpaired) electrons. The number of rotatable bonds is 1. The third-order valence-corrected chi connectivity index (χ3v) is 2.50. The summed E-state index contributed by atoms with van der Waals surface area (Å²) in [7, 11) is 0. The molecule has 1 rings (SSSR count). The van der Waals surface area contributed by atoms with Crippen LogP contribution in [0, 0.1) is 0 Å². The molecule has 0 aliphatic carbocycles. The van der Waals surface area contributed by atoms with Gasteiger partial charge >= 0.3 is 0 Å². The molecule has 10 heavy (non-hydrogen) atoms. The Morgan fingerprint density at radius 1 is 1.70 bits per heavy atom. The lowest BCUT2D eigenvalue weighted by molar-refractivity contribution is 0.0827. The van der Waals surface area contributed by atoms with Gasteiger partial charge in [-0.05, 0) is 32.7 Å². The maximum atomic E-state index is 9.34. The highest BCUT2D eigenvalue weighted by Gasteiger charge is 2.28. The summed E-state index contributed by atoms with van der Waals surface area (Å²) in [6.07, 6.45) is 2.84. The fourth-order valence-electron chi connectivity index (χ4n) is 1.50. The molecule has 0 aromatic rings. The molecule has 2 heteroatoms. The van der Waals surface area contributed by atoms with Gasteiger partial charge < -0.3 is 10.4 Å². The molecule has 0 spiro atoms. The van der Waals surface area contributed by atoms with E-state index in [4.69, 9.17) is 0 Å². The zero-order valence-electron chi connectivity index (χ0n) is 6.85. The first kappa shape index (κ1) is 8.02. The van der Waals surface area contributed by atoms with E-state index < -0.39 is 0 Å². The van der Waals surface area contributed by atoms with Crippen LogP contribution in [0.2, 0.25) is 0 Å². The summed E-state index contributed by atoms with van der Waals surface area (Å²) in [6.45, 7) is 5.30. The van der Waals surface area contributed by atoms with E-state index in [2.05, 4.69) is 19.2 Å². The molecule has 0 aromatic heterocycles. The first-order chi connectivity index (χ1) is 4.66. The third-order valence-electron chi connectivity index (χ3n) is 2.50. The third kappa shape index (κ3) is 1.70. The van der Waals surface area contributed by atoms with Crippen LogP contribution in [-0.4, -0.2) is 23.3 Å². The Kier molecular flexibility index (Phi) is 2.32. The Bertz CT molecular complexity index is 116. The van der Waals surface area contributed by atoms with E-state index in [0.717, 1.165) is 25.8 Å². The quantitative estimate of drug-likeness (QED) is 0.571. The fraction of sp³-hybridized carbons (Fsp3) is 1.00. The van der Waals surface area contributed by atoms with E-state index in [1.54, 1.807) is 0 Å². The van der Waals surface area contributed by atoms with E-state index in [1.165, 1.54) is 0 Å². The van der Waals surface area contributed by atoms with Crippen molar-refractivity contribution in [3.05, 3.63) is 0 Å². The number of hydrogen-bond acceptors (Lipinski definition) is 2. The van der Waals surface area contributed by atoms with Crippen LogP contribution in [0.3, 0.4) is 0 Å². The molecule has 0 bridgehead atoms. The molecule has 1 aliphatic rings. The van der Waals surface area contributed by atoms with E-state index >= 15 is 0 Å². The maximum absolute atomic E-state index is 9.34. The zero-order valence-corrected chi connectivity index (χ0v) is 6.85. The highest BCUT2D eigenvalue weighted by atomic mass is 16.3. The summed E-state index contributed by atoms with van der Waals surface area (Å²) in [4.78, 5) is 0. The highest BCUT2D eigenvalue weighted by Crippen LogP contribution is 2.21. The monoisotopic (exact) mass is 143 g/mol. The van der Waals surface area contributed by atoms with Crippen molar-refractivity contribution in [3.63, 3.8) is 0 Å². The number of piperidine rings is 1. The molecule has 1 aliphatic heterocycles. The van der Waals surface area contributed by atoms with Gasteiger partial charge in [-0.15, -0.1) is 0 Å². The largest absolute Gasteiger partial charge is 0.393 e. The SMILES string of the molecule is CCC1(C)CC(O)CCN1. The second kappa shape index (κ2) is 2.89. The standard InChI is InChI=1S/C8H17NO/c1-3-8(2)6-7(10)4-5-9-8/h7,9-10H,3-6H2,1-2H3. The van der Waals surface area contributed by atoms with Crippen molar-refractivity contribution in [3.8, 4) is 0 Å². The average Bonchev–Trinajstić information content (AvgIpc) is 1.88. The second-order valence-corrected chi connectivity index (χ2v) is 3.49. The topological polar surface area (TPSA) is 32.3 Å². The number of aliphatic hydroxyl groups excluding tert-OH is 1. The summed E-state index contributed by atoms with van der Waals surface area (Å²) in [5, 5.41) is 12.8. The molecular weight excluding hydrogens is 126 g/mol. The van der Waals surface area contributed by atoms with Crippen LogP contribution < -0.4 is 5.32 Å². The molecule has 1 saturated heterocycles. The van der Waals surface area contributed by atoms with E-state index in [9.17, 15) is 5.11 Å². The van der Waals surface area contributed by atoms with Crippen LogP contribution in [0.15, 0.2) is 0 Å². The Hall–Kier alpha value is -0.0800. The molecular formula is C8H17NO. The van der Waals surface area contributed by atoms with Crippen molar-refractivity contribution in [1.29, 1.82) is 0 Å². The molecule has 0 aromatic carbocycles. The molecule has 2 atom stereocenters.